The van der Waals surface area contributed by atoms with Crippen LogP contribution in [0.1, 0.15) is 10.4 Å². The number of methoxy groups -OCH3 is 1. The van der Waals surface area contributed by atoms with Gasteiger partial charge in [-0.3, -0.25) is 14.5 Å². The first-order valence-corrected chi connectivity index (χ1v) is 12.0. The summed E-state index contributed by atoms with van der Waals surface area (Å²) >= 11 is 0. The molecule has 11 heteroatoms. The molecule has 0 unspecified atom stereocenters. The molecule has 0 fully saturated rings. The first kappa shape index (κ1) is 23.8. The number of rotatable bonds is 7. The molecule has 39 heavy (non-hydrogen) atoms. The van der Waals surface area contributed by atoms with Gasteiger partial charge in [0.2, 0.25) is 0 Å². The maximum atomic E-state index is 13.3. The minimum atomic E-state index is -0.361. The zero-order valence-corrected chi connectivity index (χ0v) is 21.1. The van der Waals surface area contributed by atoms with E-state index in [2.05, 4.69) is 35.8 Å². The highest BCUT2D eigenvalue weighted by Gasteiger charge is 2.17. The monoisotopic (exact) mass is 517 g/mol. The summed E-state index contributed by atoms with van der Waals surface area (Å²) in [6.07, 6.45) is 6.61. The molecule has 192 valence electrons. The Kier molecular flexibility index (Phi) is 6.13. The number of ether oxygens (including phenoxy) is 1. The molecule has 11 nitrogen and oxygen atoms in total. The quantitative estimate of drug-likeness (QED) is 0.315. The minimum Gasteiger partial charge on any atom is -0.497 e. The highest BCUT2D eigenvalue weighted by molar-refractivity contribution is 6.08. The van der Waals surface area contributed by atoms with Crippen LogP contribution in [0, 0.1) is 0 Å². The predicted molar refractivity (Wildman–Crippen MR) is 147 cm³/mol. The van der Waals surface area contributed by atoms with Crippen molar-refractivity contribution in [3.63, 3.8) is 0 Å². The van der Waals surface area contributed by atoms with E-state index in [1.165, 1.54) is 6.20 Å². The molecule has 0 saturated heterocycles. The van der Waals surface area contributed by atoms with Gasteiger partial charge in [0.05, 0.1) is 19.0 Å². The van der Waals surface area contributed by atoms with E-state index in [1.54, 1.807) is 60.3 Å². The van der Waals surface area contributed by atoms with Crippen molar-refractivity contribution in [2.24, 2.45) is 7.05 Å². The molecule has 6 aromatic rings. The molecule has 0 aliphatic rings. The molecular weight excluding hydrogens is 494 g/mol. The molecule has 0 spiro atoms. The average Bonchev–Trinajstić information content (AvgIpc) is 3.59. The van der Waals surface area contributed by atoms with Crippen molar-refractivity contribution in [2.45, 2.75) is 0 Å². The lowest BCUT2D eigenvalue weighted by molar-refractivity contribution is 0.102. The molecule has 4 aromatic heterocycles. The topological polar surface area (TPSA) is 124 Å². The third kappa shape index (κ3) is 5.01. The fourth-order valence-corrected chi connectivity index (χ4v) is 4.12. The van der Waals surface area contributed by atoms with Crippen LogP contribution in [0.25, 0.3) is 28.3 Å². The van der Waals surface area contributed by atoms with Crippen molar-refractivity contribution in [2.75, 3.05) is 17.7 Å². The fourth-order valence-electron chi connectivity index (χ4n) is 4.12. The number of carbonyl (C=O) groups excluding carboxylic acids is 1. The second-order valence-corrected chi connectivity index (χ2v) is 8.71. The number of carbonyl (C=O) groups is 1. The number of fused-ring (bicyclic) bond motifs is 1. The van der Waals surface area contributed by atoms with Crippen LogP contribution in [0.2, 0.25) is 0 Å². The molecule has 0 aliphatic carbocycles. The van der Waals surface area contributed by atoms with Crippen LogP contribution < -0.4 is 15.4 Å². The van der Waals surface area contributed by atoms with Crippen molar-refractivity contribution >= 4 is 28.7 Å². The first-order valence-electron chi connectivity index (χ1n) is 12.0. The summed E-state index contributed by atoms with van der Waals surface area (Å²) in [5, 5.41) is 14.9. The third-order valence-corrected chi connectivity index (χ3v) is 5.97. The van der Waals surface area contributed by atoms with E-state index >= 15 is 0 Å². The lowest BCUT2D eigenvalue weighted by Gasteiger charge is -2.10. The van der Waals surface area contributed by atoms with Gasteiger partial charge in [0, 0.05) is 48.0 Å². The Labute approximate surface area is 223 Å². The number of nitrogens with one attached hydrogen (secondary N) is 2. The molecule has 1 amide bonds. The smallest absolute Gasteiger partial charge is 0.261 e. The van der Waals surface area contributed by atoms with Crippen LogP contribution in [0.15, 0.2) is 91.6 Å². The Bertz CT molecular complexity index is 1790. The van der Waals surface area contributed by atoms with E-state index < -0.39 is 0 Å². The second-order valence-electron chi connectivity index (χ2n) is 8.71. The van der Waals surface area contributed by atoms with Gasteiger partial charge in [-0.25, -0.2) is 14.5 Å². The average molecular weight is 518 g/mol. The summed E-state index contributed by atoms with van der Waals surface area (Å²) in [6.45, 7) is 0. The van der Waals surface area contributed by atoms with Gasteiger partial charge in [-0.1, -0.05) is 18.2 Å². The van der Waals surface area contributed by atoms with Gasteiger partial charge in [-0.2, -0.15) is 10.2 Å². The Balaban J connectivity index is 1.26. The summed E-state index contributed by atoms with van der Waals surface area (Å²) < 4.78 is 8.58. The van der Waals surface area contributed by atoms with Crippen molar-refractivity contribution in [3.8, 4) is 28.4 Å². The Hall–Kier alpha value is -5.58. The van der Waals surface area contributed by atoms with Crippen LogP contribution >= 0.6 is 0 Å². The predicted octanol–water partition coefficient (Wildman–Crippen LogP) is 4.59. The molecule has 0 aliphatic heterocycles. The summed E-state index contributed by atoms with van der Waals surface area (Å²) in [7, 11) is 3.35. The molecule has 0 radical (unpaired) electrons. The Morgan fingerprint density at radius 2 is 1.85 bits per heavy atom. The van der Waals surface area contributed by atoms with E-state index in [4.69, 9.17) is 4.74 Å². The molecule has 0 saturated carbocycles. The zero-order valence-electron chi connectivity index (χ0n) is 21.1. The van der Waals surface area contributed by atoms with Crippen LogP contribution in [0.3, 0.4) is 0 Å². The summed E-state index contributed by atoms with van der Waals surface area (Å²) in [6, 6.07) is 20.8. The first-order chi connectivity index (χ1) is 19.1. The van der Waals surface area contributed by atoms with Crippen molar-refractivity contribution < 1.29 is 9.53 Å². The number of pyridine rings is 1. The number of anilines is 3. The molecule has 6 rings (SSSR count). The number of benzene rings is 2. The molecule has 0 bridgehead atoms. The van der Waals surface area contributed by atoms with E-state index in [0.717, 1.165) is 16.9 Å². The third-order valence-electron chi connectivity index (χ3n) is 5.97. The summed E-state index contributed by atoms with van der Waals surface area (Å²) in [5.74, 6) is 1.29. The van der Waals surface area contributed by atoms with Crippen molar-refractivity contribution in [1.82, 2.24) is 34.3 Å². The van der Waals surface area contributed by atoms with Gasteiger partial charge in [0.25, 0.3) is 5.91 Å². The van der Waals surface area contributed by atoms with E-state index in [-0.39, 0.29) is 5.91 Å². The minimum absolute atomic E-state index is 0.321. The Morgan fingerprint density at radius 1 is 0.949 bits per heavy atom. The van der Waals surface area contributed by atoms with Crippen LogP contribution in [-0.4, -0.2) is 47.4 Å². The maximum absolute atomic E-state index is 13.3. The normalized spacial score (nSPS) is 10.9. The van der Waals surface area contributed by atoms with Crippen molar-refractivity contribution in [3.05, 3.63) is 97.2 Å². The second kappa shape index (κ2) is 10.1. The summed E-state index contributed by atoms with van der Waals surface area (Å²) in [5.41, 5.74) is 4.66. The van der Waals surface area contributed by atoms with Gasteiger partial charge in [0.1, 0.15) is 23.5 Å². The number of aromatic nitrogens is 7. The number of hydrogen-bond donors (Lipinski definition) is 2. The number of hydrogen-bond acceptors (Lipinski definition) is 8. The standard InChI is InChI=1S/C28H23N9O2/c1-36-17-30-26(35-36)19-13-21(15-22(14-19)39-2)33-28(38)23-16-31-37-11-9-25(34-27(23)37)32-20-7-5-6-18(12-20)24-8-3-4-10-29-24/h3-17H,1-2H3,(H,32,34)(H,33,38). The van der Waals surface area contributed by atoms with Gasteiger partial charge < -0.3 is 15.4 Å². The number of nitrogens with zero attached hydrogens (tertiary/aromatic N) is 7. The van der Waals surface area contributed by atoms with Crippen molar-refractivity contribution in [1.29, 1.82) is 0 Å². The molecular formula is C28H23N9O2. The largest absolute Gasteiger partial charge is 0.497 e. The maximum Gasteiger partial charge on any atom is 0.261 e. The van der Waals surface area contributed by atoms with E-state index in [9.17, 15) is 4.79 Å². The van der Waals surface area contributed by atoms with E-state index in [0.29, 0.717) is 39.9 Å². The lowest BCUT2D eigenvalue weighted by atomic mass is 10.1. The molecule has 2 aromatic carbocycles. The van der Waals surface area contributed by atoms with E-state index in [1.807, 2.05) is 48.5 Å². The fraction of sp³-hybridized carbons (Fsp3) is 0.0714. The SMILES string of the molecule is COc1cc(NC(=O)c2cnn3ccc(Nc4cccc(-c5ccccn5)c4)nc23)cc(-c2ncn(C)n2)c1. The highest BCUT2D eigenvalue weighted by Crippen LogP contribution is 2.28. The van der Waals surface area contributed by atoms with Crippen LogP contribution in [0.4, 0.5) is 17.2 Å². The number of aryl methyl sites for hydroxylation is 1. The van der Waals surface area contributed by atoms with Crippen LogP contribution in [-0.2, 0) is 7.05 Å². The van der Waals surface area contributed by atoms with Gasteiger partial charge in [-0.05, 0) is 42.5 Å². The lowest BCUT2D eigenvalue weighted by Crippen LogP contribution is -2.12. The van der Waals surface area contributed by atoms with Crippen LogP contribution in [0.5, 0.6) is 5.75 Å². The highest BCUT2D eigenvalue weighted by atomic mass is 16.5. The molecule has 0 atom stereocenters. The van der Waals surface area contributed by atoms with Gasteiger partial charge >= 0.3 is 0 Å². The number of amides is 1. The van der Waals surface area contributed by atoms with Gasteiger partial charge in [-0.15, -0.1) is 0 Å². The summed E-state index contributed by atoms with van der Waals surface area (Å²) in [4.78, 5) is 26.7. The van der Waals surface area contributed by atoms with Gasteiger partial charge in [0.15, 0.2) is 11.5 Å². The Morgan fingerprint density at radius 3 is 2.64 bits per heavy atom. The molecule has 4 heterocycles. The zero-order chi connectivity index (χ0) is 26.8. The molecule has 2 N–H and O–H groups in total.